The average Bonchev–Trinajstić information content (AvgIpc) is 3.39. The molecule has 0 saturated carbocycles. The van der Waals surface area contributed by atoms with E-state index < -0.39 is 48.3 Å². The van der Waals surface area contributed by atoms with Crippen molar-refractivity contribution in [2.45, 2.75) is 271 Å². The molecular weight excluding hydrogens is 941 g/mol. The van der Waals surface area contributed by atoms with Gasteiger partial charge < -0.3 is 39.4 Å². The maximum absolute atomic E-state index is 12.9. The summed E-state index contributed by atoms with van der Waals surface area (Å²) in [6, 6.07) is 7.29. The normalized spacial score (nSPS) is 13.2. The molecule has 0 amide bonds. The summed E-state index contributed by atoms with van der Waals surface area (Å²) in [5.41, 5.74) is 1.49. The number of unbranched alkanes of at least 4 members (excludes halogenated alkanes) is 28. The van der Waals surface area contributed by atoms with Crippen LogP contribution in [0.5, 0.6) is 0 Å². The molecule has 0 aromatic heterocycles. The van der Waals surface area contributed by atoms with Crippen LogP contribution in [0.2, 0.25) is 0 Å². The SMILES string of the molecule is CCCCCCCCCCOC(=O)C(O)CN(Cc1ccc(CN(CC(O)C(=O)OCCCCCCCCCC)CC(O)C(=O)OCCCCCCCCCC)cc1)CC(O)C(=O)OCCCCCCCCCC. The molecule has 0 fully saturated rings. The van der Waals surface area contributed by atoms with Crippen molar-refractivity contribution in [2.75, 3.05) is 52.6 Å². The van der Waals surface area contributed by atoms with Crippen molar-refractivity contribution in [1.29, 1.82) is 0 Å². The van der Waals surface area contributed by atoms with Crippen LogP contribution < -0.4 is 0 Å². The van der Waals surface area contributed by atoms with Crippen LogP contribution in [0.4, 0.5) is 0 Å². The maximum atomic E-state index is 12.9. The van der Waals surface area contributed by atoms with Crippen LogP contribution in [0.15, 0.2) is 24.3 Å². The number of carbonyl (C=O) groups excluding carboxylic acids is 4. The Morgan fingerprint density at radius 3 is 0.689 bits per heavy atom. The first-order valence-electron chi connectivity index (χ1n) is 29.9. The molecule has 0 saturated heterocycles. The number of hydrogen-bond donors (Lipinski definition) is 4. The van der Waals surface area contributed by atoms with Crippen molar-refractivity contribution in [3.8, 4) is 0 Å². The van der Waals surface area contributed by atoms with Crippen LogP contribution in [0.1, 0.15) is 244 Å². The standard InChI is InChI=1S/C60H108N2O12/c1-5-9-13-17-21-25-29-33-41-71-57(67)53(63)47-61(48-54(64)58(68)72-42-34-30-26-22-18-14-10-6-2)45-51-37-39-52(40-38-51)46-62(49-55(65)59(69)73-43-35-31-27-23-19-15-11-7-3)50-56(66)60(70)74-44-36-32-28-24-20-16-12-8-4/h37-40,53-56,63-66H,5-36,41-50H2,1-4H3. The lowest BCUT2D eigenvalue weighted by atomic mass is 10.1. The Kier molecular flexibility index (Phi) is 44.9. The molecule has 0 bridgehead atoms. The molecule has 0 heterocycles. The molecule has 1 aromatic carbocycles. The van der Waals surface area contributed by atoms with E-state index >= 15 is 0 Å². The first-order valence-corrected chi connectivity index (χ1v) is 29.9. The number of benzene rings is 1. The van der Waals surface area contributed by atoms with Gasteiger partial charge in [0.1, 0.15) is 0 Å². The number of hydrogen-bond acceptors (Lipinski definition) is 14. The quantitative estimate of drug-likeness (QED) is 0.0274. The van der Waals surface area contributed by atoms with Gasteiger partial charge in [-0.05, 0) is 36.8 Å². The number of aliphatic hydroxyl groups is 4. The minimum Gasteiger partial charge on any atom is -0.464 e. The van der Waals surface area contributed by atoms with Gasteiger partial charge in [0.25, 0.3) is 0 Å². The zero-order chi connectivity index (χ0) is 54.3. The number of rotatable bonds is 52. The van der Waals surface area contributed by atoms with E-state index in [1.165, 1.54) is 103 Å². The first kappa shape index (κ1) is 68.9. The maximum Gasteiger partial charge on any atom is 0.336 e. The molecule has 14 heteroatoms. The minimum atomic E-state index is -1.52. The lowest BCUT2D eigenvalue weighted by Gasteiger charge is -2.27. The third-order valence-electron chi connectivity index (χ3n) is 13.6. The molecule has 0 spiro atoms. The monoisotopic (exact) mass is 1050 g/mol. The first-order chi connectivity index (χ1) is 35.9. The molecule has 74 heavy (non-hydrogen) atoms. The number of esters is 4. The minimum absolute atomic E-state index is 0.154. The number of aliphatic hydroxyl groups excluding tert-OH is 4. The lowest BCUT2D eigenvalue weighted by Crippen LogP contribution is -2.43. The van der Waals surface area contributed by atoms with Crippen LogP contribution in [-0.4, -0.2) is 131 Å². The molecule has 0 radical (unpaired) electrons. The fourth-order valence-corrected chi connectivity index (χ4v) is 8.97. The second-order valence-electron chi connectivity index (χ2n) is 20.8. The van der Waals surface area contributed by atoms with Crippen molar-refractivity contribution in [2.24, 2.45) is 0 Å². The van der Waals surface area contributed by atoms with E-state index in [1.807, 2.05) is 24.3 Å². The third kappa shape index (κ3) is 38.4. The van der Waals surface area contributed by atoms with Gasteiger partial charge in [0.05, 0.1) is 26.4 Å². The van der Waals surface area contributed by atoms with E-state index in [0.29, 0.717) is 25.7 Å². The Morgan fingerprint density at radius 1 is 0.324 bits per heavy atom. The largest absolute Gasteiger partial charge is 0.464 e. The number of carbonyl (C=O) groups is 4. The van der Waals surface area contributed by atoms with Gasteiger partial charge in [-0.1, -0.05) is 232 Å². The lowest BCUT2D eigenvalue weighted by molar-refractivity contribution is -0.158. The average molecular weight is 1050 g/mol. The summed E-state index contributed by atoms with van der Waals surface area (Å²) < 4.78 is 21.7. The van der Waals surface area contributed by atoms with Gasteiger partial charge >= 0.3 is 23.9 Å². The van der Waals surface area contributed by atoms with Crippen LogP contribution in [-0.2, 0) is 51.2 Å². The fraction of sp³-hybridized carbons (Fsp3) is 0.833. The zero-order valence-electron chi connectivity index (χ0n) is 47.3. The van der Waals surface area contributed by atoms with Gasteiger partial charge in [-0.3, -0.25) is 9.80 Å². The molecule has 4 N–H and O–H groups in total. The topological polar surface area (TPSA) is 193 Å². The third-order valence-corrected chi connectivity index (χ3v) is 13.6. The van der Waals surface area contributed by atoms with Gasteiger partial charge in [-0.2, -0.15) is 0 Å². The van der Waals surface area contributed by atoms with Gasteiger partial charge in [0.2, 0.25) is 0 Å². The van der Waals surface area contributed by atoms with Crippen LogP contribution >= 0.6 is 0 Å². The Balaban J connectivity index is 3.04. The van der Waals surface area contributed by atoms with E-state index in [2.05, 4.69) is 27.7 Å². The summed E-state index contributed by atoms with van der Waals surface area (Å²) in [6.07, 6.45) is 28.8. The predicted molar refractivity (Wildman–Crippen MR) is 295 cm³/mol. The molecule has 1 aromatic rings. The molecule has 4 unspecified atom stereocenters. The highest BCUT2D eigenvalue weighted by Crippen LogP contribution is 2.16. The summed E-state index contributed by atoms with van der Waals surface area (Å²) >= 11 is 0. The van der Waals surface area contributed by atoms with Crippen molar-refractivity contribution in [3.05, 3.63) is 35.4 Å². The molecule has 430 valence electrons. The molecule has 14 nitrogen and oxygen atoms in total. The Bertz CT molecular complexity index is 1310. The van der Waals surface area contributed by atoms with Crippen LogP contribution in [0.25, 0.3) is 0 Å². The van der Waals surface area contributed by atoms with Crippen LogP contribution in [0.3, 0.4) is 0 Å². The molecule has 0 aliphatic heterocycles. The fourth-order valence-electron chi connectivity index (χ4n) is 8.97. The number of ether oxygens (including phenoxy) is 4. The Hall–Kier alpha value is -3.14. The van der Waals surface area contributed by atoms with E-state index in [-0.39, 0.29) is 65.7 Å². The summed E-state index contributed by atoms with van der Waals surface area (Å²) in [7, 11) is 0. The predicted octanol–water partition coefficient (Wildman–Crippen LogP) is 11.5. The van der Waals surface area contributed by atoms with Crippen molar-refractivity contribution >= 4 is 23.9 Å². The van der Waals surface area contributed by atoms with E-state index in [9.17, 15) is 39.6 Å². The van der Waals surface area contributed by atoms with Crippen molar-refractivity contribution < 1.29 is 58.6 Å². The Morgan fingerprint density at radius 2 is 0.500 bits per heavy atom. The second kappa shape index (κ2) is 48.2. The molecule has 4 atom stereocenters. The van der Waals surface area contributed by atoms with Crippen molar-refractivity contribution in [3.63, 3.8) is 0 Å². The highest BCUT2D eigenvalue weighted by Gasteiger charge is 2.28. The summed E-state index contributed by atoms with van der Waals surface area (Å²) in [6.45, 7) is 9.08. The van der Waals surface area contributed by atoms with E-state index in [4.69, 9.17) is 18.9 Å². The highest BCUT2D eigenvalue weighted by atomic mass is 16.6. The van der Waals surface area contributed by atoms with Gasteiger partial charge in [0, 0.05) is 39.3 Å². The van der Waals surface area contributed by atoms with E-state index in [0.717, 1.165) is 88.2 Å². The summed E-state index contributed by atoms with van der Waals surface area (Å²) in [5.74, 6) is -3.06. The summed E-state index contributed by atoms with van der Waals surface area (Å²) in [5, 5.41) is 44.0. The summed E-state index contributed by atoms with van der Waals surface area (Å²) in [4.78, 5) is 55.0. The smallest absolute Gasteiger partial charge is 0.336 e. The molecule has 1 rings (SSSR count). The molecule has 0 aliphatic rings. The second-order valence-corrected chi connectivity index (χ2v) is 20.8. The highest BCUT2D eigenvalue weighted by molar-refractivity contribution is 5.76. The van der Waals surface area contributed by atoms with E-state index in [1.54, 1.807) is 9.80 Å². The van der Waals surface area contributed by atoms with Gasteiger partial charge in [-0.15, -0.1) is 0 Å². The zero-order valence-corrected chi connectivity index (χ0v) is 47.3. The molecule has 0 aliphatic carbocycles. The van der Waals surface area contributed by atoms with Crippen LogP contribution in [0, 0.1) is 0 Å². The number of nitrogens with zero attached hydrogens (tertiary/aromatic N) is 2. The molecular formula is C60H108N2O12. The van der Waals surface area contributed by atoms with Crippen molar-refractivity contribution in [1.82, 2.24) is 9.80 Å². The Labute approximate surface area is 449 Å². The van der Waals surface area contributed by atoms with Gasteiger partial charge in [0.15, 0.2) is 24.4 Å². The van der Waals surface area contributed by atoms with Gasteiger partial charge in [-0.25, -0.2) is 19.2 Å².